The van der Waals surface area contributed by atoms with Crippen LogP contribution in [0, 0.1) is 6.92 Å². The third-order valence-corrected chi connectivity index (χ3v) is 6.58. The molecule has 0 heterocycles. The van der Waals surface area contributed by atoms with E-state index in [9.17, 15) is 13.2 Å². The monoisotopic (exact) mass is 464 g/mol. The number of sulfonamides is 1. The summed E-state index contributed by atoms with van der Waals surface area (Å²) in [6, 6.07) is 15.1. The largest absolute Gasteiger partial charge is 0.491 e. The van der Waals surface area contributed by atoms with Crippen LogP contribution in [-0.2, 0) is 20.6 Å². The van der Waals surface area contributed by atoms with Crippen LogP contribution in [0.15, 0.2) is 48.5 Å². The molecule has 170 valence electrons. The van der Waals surface area contributed by atoms with Crippen LogP contribution >= 0.6 is 11.8 Å². The van der Waals surface area contributed by atoms with Crippen LogP contribution in [0.4, 0.5) is 5.69 Å². The summed E-state index contributed by atoms with van der Waals surface area (Å²) in [6.45, 7) is 6.18. The molecule has 0 aliphatic carbocycles. The molecule has 0 radical (unpaired) electrons. The van der Waals surface area contributed by atoms with E-state index in [2.05, 4.69) is 36.5 Å². The van der Waals surface area contributed by atoms with Gasteiger partial charge in [0.05, 0.1) is 18.0 Å². The SMILES string of the molecule is Cc1cccc(CSCCCNC(=O)CN(c2ccc(OC(C)C)cc2)S(C)(=O)=O)c1. The summed E-state index contributed by atoms with van der Waals surface area (Å²) in [5.41, 5.74) is 2.98. The third-order valence-electron chi connectivity index (χ3n) is 4.32. The van der Waals surface area contributed by atoms with Gasteiger partial charge in [0, 0.05) is 12.3 Å². The maximum Gasteiger partial charge on any atom is 0.240 e. The summed E-state index contributed by atoms with van der Waals surface area (Å²) in [5, 5.41) is 2.82. The molecular weight excluding hydrogens is 432 g/mol. The highest BCUT2D eigenvalue weighted by Crippen LogP contribution is 2.22. The van der Waals surface area contributed by atoms with Gasteiger partial charge in [0.2, 0.25) is 15.9 Å². The molecule has 0 fully saturated rings. The normalized spacial score (nSPS) is 11.4. The molecule has 6 nitrogen and oxygen atoms in total. The average Bonchev–Trinajstić information content (AvgIpc) is 2.68. The van der Waals surface area contributed by atoms with E-state index in [1.165, 1.54) is 11.1 Å². The van der Waals surface area contributed by atoms with Crippen molar-refractivity contribution in [3.63, 3.8) is 0 Å². The van der Waals surface area contributed by atoms with Gasteiger partial charge in [0.1, 0.15) is 12.3 Å². The first-order valence-corrected chi connectivity index (χ1v) is 13.3. The molecule has 0 aliphatic rings. The van der Waals surface area contributed by atoms with E-state index in [-0.39, 0.29) is 18.6 Å². The minimum atomic E-state index is -3.59. The molecule has 0 saturated heterocycles. The Morgan fingerprint density at radius 3 is 2.48 bits per heavy atom. The summed E-state index contributed by atoms with van der Waals surface area (Å²) in [4.78, 5) is 12.3. The molecule has 0 atom stereocenters. The van der Waals surface area contributed by atoms with Crippen molar-refractivity contribution >= 4 is 33.4 Å². The molecular formula is C23H32N2O4S2. The van der Waals surface area contributed by atoms with Crippen molar-refractivity contribution in [1.29, 1.82) is 0 Å². The standard InChI is InChI=1S/C23H32N2O4S2/c1-18(2)29-22-11-9-21(10-12-22)25(31(4,27)28)16-23(26)24-13-6-14-30-17-20-8-5-7-19(3)15-20/h5,7-12,15,18H,6,13-14,16-17H2,1-4H3,(H,24,26). The number of hydrogen-bond donors (Lipinski definition) is 1. The molecule has 0 spiro atoms. The number of thioether (sulfide) groups is 1. The number of benzene rings is 2. The van der Waals surface area contributed by atoms with Crippen molar-refractivity contribution in [3.8, 4) is 5.75 Å². The van der Waals surface area contributed by atoms with E-state index in [1.807, 2.05) is 25.6 Å². The topological polar surface area (TPSA) is 75.7 Å². The lowest BCUT2D eigenvalue weighted by molar-refractivity contribution is -0.119. The van der Waals surface area contributed by atoms with Crippen molar-refractivity contribution in [3.05, 3.63) is 59.7 Å². The van der Waals surface area contributed by atoms with E-state index < -0.39 is 10.0 Å². The van der Waals surface area contributed by atoms with Gasteiger partial charge in [-0.25, -0.2) is 8.42 Å². The number of carbonyl (C=O) groups excluding carboxylic acids is 1. The molecule has 2 aromatic rings. The van der Waals surface area contributed by atoms with Gasteiger partial charge >= 0.3 is 0 Å². The average molecular weight is 465 g/mol. The number of hydrogen-bond acceptors (Lipinski definition) is 5. The Morgan fingerprint density at radius 1 is 1.16 bits per heavy atom. The first kappa shape index (κ1) is 25.1. The first-order chi connectivity index (χ1) is 14.6. The Labute approximate surface area is 190 Å². The summed E-state index contributed by atoms with van der Waals surface area (Å²) in [5.74, 6) is 2.19. The van der Waals surface area contributed by atoms with Gasteiger partial charge in [-0.15, -0.1) is 0 Å². The second-order valence-electron chi connectivity index (χ2n) is 7.68. The zero-order valence-electron chi connectivity index (χ0n) is 18.6. The van der Waals surface area contributed by atoms with Crippen LogP contribution < -0.4 is 14.4 Å². The van der Waals surface area contributed by atoms with Gasteiger partial charge in [-0.3, -0.25) is 9.10 Å². The van der Waals surface area contributed by atoms with E-state index >= 15 is 0 Å². The number of rotatable bonds is 12. The molecule has 1 amide bonds. The van der Waals surface area contributed by atoms with E-state index in [0.717, 1.165) is 28.5 Å². The fourth-order valence-corrected chi connectivity index (χ4v) is 4.71. The number of aryl methyl sites for hydroxylation is 1. The number of anilines is 1. The van der Waals surface area contributed by atoms with Crippen LogP contribution in [0.1, 0.15) is 31.4 Å². The lowest BCUT2D eigenvalue weighted by Crippen LogP contribution is -2.40. The molecule has 31 heavy (non-hydrogen) atoms. The van der Waals surface area contributed by atoms with Gasteiger partial charge in [0.15, 0.2) is 0 Å². The molecule has 2 aromatic carbocycles. The molecule has 0 unspecified atom stereocenters. The Hall–Kier alpha value is -2.19. The second kappa shape index (κ2) is 12.0. The second-order valence-corrected chi connectivity index (χ2v) is 10.7. The fraction of sp³-hybridized carbons (Fsp3) is 0.435. The van der Waals surface area contributed by atoms with Crippen molar-refractivity contribution in [2.24, 2.45) is 0 Å². The molecule has 0 aliphatic heterocycles. The van der Waals surface area contributed by atoms with Gasteiger partial charge in [-0.1, -0.05) is 29.8 Å². The lowest BCUT2D eigenvalue weighted by Gasteiger charge is -2.22. The molecule has 2 rings (SSSR count). The minimum Gasteiger partial charge on any atom is -0.491 e. The third kappa shape index (κ3) is 9.23. The molecule has 0 bridgehead atoms. The first-order valence-electron chi connectivity index (χ1n) is 10.3. The lowest BCUT2D eigenvalue weighted by atomic mass is 10.2. The summed E-state index contributed by atoms with van der Waals surface area (Å²) >= 11 is 1.82. The number of nitrogens with zero attached hydrogens (tertiary/aromatic N) is 1. The zero-order valence-corrected chi connectivity index (χ0v) is 20.3. The highest BCUT2D eigenvalue weighted by atomic mass is 32.2. The van der Waals surface area contributed by atoms with Crippen LogP contribution in [0.5, 0.6) is 5.75 Å². The highest BCUT2D eigenvalue weighted by molar-refractivity contribution is 7.98. The van der Waals surface area contributed by atoms with Crippen molar-refractivity contribution < 1.29 is 17.9 Å². The molecule has 0 aromatic heterocycles. The highest BCUT2D eigenvalue weighted by Gasteiger charge is 2.20. The maximum absolute atomic E-state index is 12.3. The maximum atomic E-state index is 12.3. The van der Waals surface area contributed by atoms with Gasteiger partial charge in [-0.05, 0) is 62.8 Å². The smallest absolute Gasteiger partial charge is 0.240 e. The predicted octanol–water partition coefficient (Wildman–Crippen LogP) is 3.99. The number of carbonyl (C=O) groups is 1. The van der Waals surface area contributed by atoms with Crippen molar-refractivity contribution in [1.82, 2.24) is 5.32 Å². The Morgan fingerprint density at radius 2 is 1.87 bits per heavy atom. The Balaban J connectivity index is 1.79. The zero-order chi connectivity index (χ0) is 22.9. The van der Waals surface area contributed by atoms with E-state index in [1.54, 1.807) is 24.3 Å². The molecule has 0 saturated carbocycles. The van der Waals surface area contributed by atoms with Gasteiger partial charge in [-0.2, -0.15) is 11.8 Å². The van der Waals surface area contributed by atoms with Gasteiger partial charge < -0.3 is 10.1 Å². The van der Waals surface area contributed by atoms with Crippen LogP contribution in [-0.4, -0.2) is 45.5 Å². The van der Waals surface area contributed by atoms with Crippen LogP contribution in [0.25, 0.3) is 0 Å². The number of amides is 1. The molecule has 1 N–H and O–H groups in total. The van der Waals surface area contributed by atoms with Crippen molar-refractivity contribution in [2.45, 2.75) is 39.0 Å². The van der Waals surface area contributed by atoms with Crippen LogP contribution in [0.2, 0.25) is 0 Å². The van der Waals surface area contributed by atoms with Crippen LogP contribution in [0.3, 0.4) is 0 Å². The van der Waals surface area contributed by atoms with E-state index in [0.29, 0.717) is 18.0 Å². The fourth-order valence-electron chi connectivity index (χ4n) is 2.94. The minimum absolute atomic E-state index is 0.0256. The number of ether oxygens (including phenoxy) is 1. The molecule has 8 heteroatoms. The van der Waals surface area contributed by atoms with E-state index in [4.69, 9.17) is 4.74 Å². The van der Waals surface area contributed by atoms with Gasteiger partial charge in [0.25, 0.3) is 0 Å². The summed E-state index contributed by atoms with van der Waals surface area (Å²) < 4.78 is 31.1. The summed E-state index contributed by atoms with van der Waals surface area (Å²) in [6.07, 6.45) is 1.95. The predicted molar refractivity (Wildman–Crippen MR) is 129 cm³/mol. The Bertz CT molecular complexity index is 944. The quantitative estimate of drug-likeness (QED) is 0.481. The number of nitrogens with one attached hydrogen (secondary N) is 1. The van der Waals surface area contributed by atoms with Crippen molar-refractivity contribution in [2.75, 3.05) is 29.4 Å². The summed E-state index contributed by atoms with van der Waals surface area (Å²) in [7, 11) is -3.59. The Kier molecular flexibility index (Phi) is 9.71.